The standard InChI is InChI=1S/C30H29F3N4O4/c1-29(2,3)41-28(40)34-18-19-9-7-14-23(15-19)37-24(17-25(36-37)30(31,32)33)27(39)35-22-13-8-12-21(16-22)26(38)20-10-5-4-6-11-20/h4-17,26,38H,18H2,1-3H3,(H,34,40)(H,35,39). The van der Waals surface area contributed by atoms with Gasteiger partial charge >= 0.3 is 12.3 Å². The maximum atomic E-state index is 13.6. The number of aromatic nitrogens is 2. The number of nitrogens with zero attached hydrogens (tertiary/aromatic N) is 2. The van der Waals surface area contributed by atoms with Crippen molar-refractivity contribution in [2.24, 2.45) is 0 Å². The third-order valence-electron chi connectivity index (χ3n) is 5.80. The molecule has 1 heterocycles. The van der Waals surface area contributed by atoms with Gasteiger partial charge in [-0.1, -0.05) is 54.6 Å². The van der Waals surface area contributed by atoms with Crippen LogP contribution in [0.25, 0.3) is 5.69 Å². The van der Waals surface area contributed by atoms with E-state index in [0.717, 1.165) is 4.68 Å². The monoisotopic (exact) mass is 566 g/mol. The van der Waals surface area contributed by atoms with E-state index in [1.54, 1.807) is 81.4 Å². The Kier molecular flexibility index (Phi) is 8.48. The minimum absolute atomic E-state index is 0.0359. The van der Waals surface area contributed by atoms with Crippen LogP contribution in [-0.2, 0) is 17.5 Å². The molecule has 0 spiro atoms. The van der Waals surface area contributed by atoms with Gasteiger partial charge in [-0.15, -0.1) is 0 Å². The van der Waals surface area contributed by atoms with Crippen LogP contribution in [0.5, 0.6) is 0 Å². The van der Waals surface area contributed by atoms with Crippen molar-refractivity contribution < 1.29 is 32.6 Å². The van der Waals surface area contributed by atoms with Crippen molar-refractivity contribution in [2.45, 2.75) is 45.2 Å². The van der Waals surface area contributed by atoms with Crippen LogP contribution in [0.2, 0.25) is 0 Å². The summed E-state index contributed by atoms with van der Waals surface area (Å²) in [4.78, 5) is 25.3. The van der Waals surface area contributed by atoms with E-state index in [1.807, 2.05) is 6.07 Å². The number of alkyl halides is 3. The fraction of sp³-hybridized carbons (Fsp3) is 0.233. The average molecular weight is 567 g/mol. The first-order chi connectivity index (χ1) is 19.3. The molecule has 0 fully saturated rings. The Balaban J connectivity index is 1.59. The normalized spacial score (nSPS) is 12.5. The zero-order chi connectivity index (χ0) is 29.8. The summed E-state index contributed by atoms with van der Waals surface area (Å²) in [7, 11) is 0. The molecule has 3 aromatic carbocycles. The van der Waals surface area contributed by atoms with Crippen molar-refractivity contribution in [3.63, 3.8) is 0 Å². The number of carbonyl (C=O) groups is 2. The van der Waals surface area contributed by atoms with E-state index < -0.39 is 35.6 Å². The number of nitrogens with one attached hydrogen (secondary N) is 2. The van der Waals surface area contributed by atoms with Crippen molar-refractivity contribution in [1.82, 2.24) is 15.1 Å². The number of hydrogen-bond donors (Lipinski definition) is 3. The summed E-state index contributed by atoms with van der Waals surface area (Å²) in [5.41, 5.74) is -0.158. The van der Waals surface area contributed by atoms with Crippen LogP contribution in [-0.4, -0.2) is 32.5 Å². The largest absolute Gasteiger partial charge is 0.444 e. The summed E-state index contributed by atoms with van der Waals surface area (Å²) in [6, 6.07) is 22.2. The van der Waals surface area contributed by atoms with Crippen LogP contribution in [0, 0.1) is 0 Å². The highest BCUT2D eigenvalue weighted by atomic mass is 19.4. The molecule has 4 rings (SSSR count). The van der Waals surface area contributed by atoms with Crippen molar-refractivity contribution in [1.29, 1.82) is 0 Å². The molecule has 0 saturated carbocycles. The van der Waals surface area contributed by atoms with Gasteiger partial charge in [-0.05, 0) is 61.7 Å². The molecule has 0 bridgehead atoms. The Morgan fingerprint density at radius 1 is 0.927 bits per heavy atom. The number of rotatable bonds is 7. The first kappa shape index (κ1) is 29.3. The van der Waals surface area contributed by atoms with Crippen molar-refractivity contribution in [3.8, 4) is 5.69 Å². The highest BCUT2D eigenvalue weighted by Gasteiger charge is 2.36. The van der Waals surface area contributed by atoms with Crippen molar-refractivity contribution >= 4 is 17.7 Å². The van der Waals surface area contributed by atoms with Crippen molar-refractivity contribution in [2.75, 3.05) is 5.32 Å². The minimum Gasteiger partial charge on any atom is -0.444 e. The molecule has 1 unspecified atom stereocenters. The van der Waals surface area contributed by atoms with E-state index in [9.17, 15) is 27.9 Å². The lowest BCUT2D eigenvalue weighted by molar-refractivity contribution is -0.141. The van der Waals surface area contributed by atoms with E-state index in [2.05, 4.69) is 15.7 Å². The summed E-state index contributed by atoms with van der Waals surface area (Å²) in [6.45, 7) is 5.19. The second-order valence-electron chi connectivity index (χ2n) is 10.2. The molecule has 41 heavy (non-hydrogen) atoms. The predicted octanol–water partition coefficient (Wildman–Crippen LogP) is 6.25. The highest BCUT2D eigenvalue weighted by molar-refractivity contribution is 6.03. The zero-order valence-corrected chi connectivity index (χ0v) is 22.6. The Morgan fingerprint density at radius 3 is 2.29 bits per heavy atom. The van der Waals surface area contributed by atoms with Gasteiger partial charge in [-0.25, -0.2) is 9.48 Å². The van der Waals surface area contributed by atoms with Crippen LogP contribution < -0.4 is 10.6 Å². The molecule has 0 aliphatic carbocycles. The molecule has 0 aliphatic heterocycles. The minimum atomic E-state index is -4.80. The third kappa shape index (κ3) is 7.73. The molecule has 0 saturated heterocycles. The molecule has 214 valence electrons. The number of alkyl carbamates (subject to hydrolysis) is 1. The van der Waals surface area contributed by atoms with Crippen LogP contribution in [0.1, 0.15) is 59.7 Å². The Labute approximate surface area is 234 Å². The third-order valence-corrected chi connectivity index (χ3v) is 5.80. The van der Waals surface area contributed by atoms with Gasteiger partial charge in [0.25, 0.3) is 5.91 Å². The first-order valence-electron chi connectivity index (χ1n) is 12.7. The Hall–Kier alpha value is -4.64. The van der Waals surface area contributed by atoms with E-state index in [1.165, 1.54) is 12.1 Å². The number of benzene rings is 3. The van der Waals surface area contributed by atoms with Crippen LogP contribution >= 0.6 is 0 Å². The van der Waals surface area contributed by atoms with Crippen molar-refractivity contribution in [3.05, 3.63) is 113 Å². The van der Waals surface area contributed by atoms with E-state index in [0.29, 0.717) is 22.8 Å². The van der Waals surface area contributed by atoms with Gasteiger partial charge in [0.1, 0.15) is 17.4 Å². The number of amides is 2. The molecule has 11 heteroatoms. The summed E-state index contributed by atoms with van der Waals surface area (Å²) in [6.07, 6.45) is -6.41. The number of aliphatic hydroxyl groups excluding tert-OH is 1. The molecule has 4 aromatic rings. The lowest BCUT2D eigenvalue weighted by Gasteiger charge is -2.19. The van der Waals surface area contributed by atoms with Crippen LogP contribution in [0.15, 0.2) is 84.9 Å². The van der Waals surface area contributed by atoms with Gasteiger partial charge < -0.3 is 20.5 Å². The molecular weight excluding hydrogens is 537 g/mol. The summed E-state index contributed by atoms with van der Waals surface area (Å²) >= 11 is 0. The molecule has 2 amide bonds. The first-order valence-corrected chi connectivity index (χ1v) is 12.7. The van der Waals surface area contributed by atoms with E-state index in [4.69, 9.17) is 4.74 Å². The molecule has 3 N–H and O–H groups in total. The summed E-state index contributed by atoms with van der Waals surface area (Å²) in [5, 5.41) is 19.6. The van der Waals surface area contributed by atoms with Gasteiger partial charge in [0.15, 0.2) is 5.69 Å². The smallest absolute Gasteiger partial charge is 0.435 e. The zero-order valence-electron chi connectivity index (χ0n) is 22.6. The van der Waals surface area contributed by atoms with Crippen LogP contribution in [0.4, 0.5) is 23.7 Å². The topological polar surface area (TPSA) is 105 Å². The highest BCUT2D eigenvalue weighted by Crippen LogP contribution is 2.30. The fourth-order valence-electron chi connectivity index (χ4n) is 3.97. The van der Waals surface area contributed by atoms with Gasteiger partial charge in [0.05, 0.1) is 5.69 Å². The summed E-state index contributed by atoms with van der Waals surface area (Å²) in [5.74, 6) is -0.836. The van der Waals surface area contributed by atoms with E-state index in [-0.39, 0.29) is 23.6 Å². The lowest BCUT2D eigenvalue weighted by atomic mass is 10.0. The number of aliphatic hydroxyl groups is 1. The number of anilines is 1. The fourth-order valence-corrected chi connectivity index (χ4v) is 3.97. The van der Waals surface area contributed by atoms with Gasteiger partial charge in [0.2, 0.25) is 0 Å². The maximum Gasteiger partial charge on any atom is 0.435 e. The molecule has 1 aromatic heterocycles. The number of hydrogen-bond acceptors (Lipinski definition) is 5. The quantitative estimate of drug-likeness (QED) is 0.245. The second-order valence-corrected chi connectivity index (χ2v) is 10.2. The second kappa shape index (κ2) is 11.8. The predicted molar refractivity (Wildman–Crippen MR) is 147 cm³/mol. The molecular formula is C30H29F3N4O4. The number of carbonyl (C=O) groups excluding carboxylic acids is 2. The van der Waals surface area contributed by atoms with Gasteiger partial charge in [-0.3, -0.25) is 4.79 Å². The lowest BCUT2D eigenvalue weighted by Crippen LogP contribution is -2.32. The van der Waals surface area contributed by atoms with Crippen LogP contribution in [0.3, 0.4) is 0 Å². The average Bonchev–Trinajstić information content (AvgIpc) is 3.38. The molecule has 1 atom stereocenters. The summed E-state index contributed by atoms with van der Waals surface area (Å²) < 4.78 is 47.0. The Morgan fingerprint density at radius 2 is 1.61 bits per heavy atom. The number of halogens is 3. The Bertz CT molecular complexity index is 1530. The maximum absolute atomic E-state index is 13.6. The molecule has 0 radical (unpaired) electrons. The van der Waals surface area contributed by atoms with E-state index >= 15 is 0 Å². The SMILES string of the molecule is CC(C)(C)OC(=O)NCc1cccc(-n2nc(C(F)(F)F)cc2C(=O)Nc2cccc(C(O)c3ccccc3)c2)c1. The van der Waals surface area contributed by atoms with Gasteiger partial charge in [-0.2, -0.15) is 18.3 Å². The molecule has 0 aliphatic rings. The van der Waals surface area contributed by atoms with Gasteiger partial charge in [0, 0.05) is 18.3 Å². The number of ether oxygens (including phenoxy) is 1. The molecule has 8 nitrogen and oxygen atoms in total.